The summed E-state index contributed by atoms with van der Waals surface area (Å²) in [5, 5.41) is 10.2. The van der Waals surface area contributed by atoms with Crippen LogP contribution in [0.3, 0.4) is 0 Å². The predicted octanol–water partition coefficient (Wildman–Crippen LogP) is -0.167. The Hall–Kier alpha value is -0.200. The van der Waals surface area contributed by atoms with Gasteiger partial charge in [0.05, 0.1) is 0 Å². The Bertz CT molecular complexity index is 185. The zero-order valence-corrected chi connectivity index (χ0v) is 13.3. The van der Waals surface area contributed by atoms with Gasteiger partial charge in [0.15, 0.2) is 0 Å². The molecule has 0 aromatic rings. The molecule has 0 aromatic carbocycles. The van der Waals surface area contributed by atoms with E-state index in [1.807, 2.05) is 0 Å². The first-order valence-electron chi connectivity index (χ1n) is 7.66. The summed E-state index contributed by atoms with van der Waals surface area (Å²) in [6.07, 6.45) is 0. The highest BCUT2D eigenvalue weighted by Gasteiger charge is 2.08. The number of rotatable bonds is 13. The molecule has 0 aliphatic rings. The van der Waals surface area contributed by atoms with Crippen molar-refractivity contribution in [1.82, 2.24) is 20.9 Å². The Morgan fingerprint density at radius 1 is 0.842 bits per heavy atom. The summed E-state index contributed by atoms with van der Waals surface area (Å²) in [6.45, 7) is 16.9. The highest BCUT2D eigenvalue weighted by Crippen LogP contribution is 1.96. The Morgan fingerprint density at radius 2 is 1.42 bits per heavy atom. The van der Waals surface area contributed by atoms with E-state index in [4.69, 9.17) is 5.73 Å². The average molecular weight is 273 g/mol. The van der Waals surface area contributed by atoms with Crippen molar-refractivity contribution in [2.45, 2.75) is 39.8 Å². The van der Waals surface area contributed by atoms with Gasteiger partial charge in [-0.15, -0.1) is 0 Å². The summed E-state index contributed by atoms with van der Waals surface area (Å²) in [5.74, 6) is 0. The lowest BCUT2D eigenvalue weighted by molar-refractivity contribution is 0.220. The Kier molecular flexibility index (Phi) is 12.7. The van der Waals surface area contributed by atoms with Gasteiger partial charge in [0.2, 0.25) is 0 Å². The minimum Gasteiger partial charge on any atom is -0.329 e. The van der Waals surface area contributed by atoms with Crippen LogP contribution in [0.1, 0.15) is 27.7 Å². The maximum absolute atomic E-state index is 5.41. The van der Waals surface area contributed by atoms with E-state index in [9.17, 15) is 0 Å². The molecular weight excluding hydrogens is 238 g/mol. The molecule has 0 spiro atoms. The molecule has 19 heavy (non-hydrogen) atoms. The van der Waals surface area contributed by atoms with Crippen LogP contribution in [0.4, 0.5) is 0 Å². The topological polar surface area (TPSA) is 65.3 Å². The van der Waals surface area contributed by atoms with Gasteiger partial charge in [-0.25, -0.2) is 0 Å². The van der Waals surface area contributed by atoms with Crippen molar-refractivity contribution in [2.75, 3.05) is 52.4 Å². The zero-order valence-electron chi connectivity index (χ0n) is 13.3. The van der Waals surface area contributed by atoms with E-state index in [0.29, 0.717) is 18.6 Å². The molecule has 5 nitrogen and oxygen atoms in total. The smallest absolute Gasteiger partial charge is 0.0110 e. The van der Waals surface area contributed by atoms with Crippen LogP contribution < -0.4 is 21.7 Å². The molecule has 116 valence electrons. The van der Waals surface area contributed by atoms with Gasteiger partial charge in [-0.3, -0.25) is 4.90 Å². The van der Waals surface area contributed by atoms with Crippen LogP contribution in [0.5, 0.6) is 0 Å². The molecule has 0 aliphatic carbocycles. The normalized spacial score (nSPS) is 12.0. The molecule has 0 heterocycles. The molecule has 5 heteroatoms. The zero-order chi connectivity index (χ0) is 14.5. The van der Waals surface area contributed by atoms with E-state index in [0.717, 1.165) is 45.8 Å². The molecule has 0 bridgehead atoms. The first kappa shape index (κ1) is 18.8. The molecule has 0 fully saturated rings. The van der Waals surface area contributed by atoms with Crippen LogP contribution in [0.2, 0.25) is 0 Å². The maximum atomic E-state index is 5.41. The van der Waals surface area contributed by atoms with E-state index in [-0.39, 0.29) is 0 Å². The standard InChI is InChI=1S/C14H35N5/c1-13(2)18-10-12-19(14(3)4)11-9-17-8-7-16-6-5-15/h13-14,16-18H,5-12,15H2,1-4H3. The van der Waals surface area contributed by atoms with E-state index in [1.165, 1.54) is 0 Å². The molecule has 0 aromatic heterocycles. The first-order valence-corrected chi connectivity index (χ1v) is 7.66. The lowest BCUT2D eigenvalue weighted by Crippen LogP contribution is -2.42. The minimum absolute atomic E-state index is 0.570. The lowest BCUT2D eigenvalue weighted by Gasteiger charge is -2.27. The fraction of sp³-hybridized carbons (Fsp3) is 1.00. The van der Waals surface area contributed by atoms with Crippen LogP contribution in [0.25, 0.3) is 0 Å². The highest BCUT2D eigenvalue weighted by molar-refractivity contribution is 4.67. The second-order valence-corrected chi connectivity index (χ2v) is 5.53. The molecule has 0 aliphatic heterocycles. The summed E-state index contributed by atoms with van der Waals surface area (Å²) in [7, 11) is 0. The molecule has 0 saturated heterocycles. The molecular formula is C14H35N5. The molecule has 0 rings (SSSR count). The van der Waals surface area contributed by atoms with Gasteiger partial charge in [0, 0.05) is 64.4 Å². The van der Waals surface area contributed by atoms with Gasteiger partial charge >= 0.3 is 0 Å². The third-order valence-corrected chi connectivity index (χ3v) is 3.06. The number of nitrogens with one attached hydrogen (secondary N) is 3. The molecule has 0 radical (unpaired) electrons. The highest BCUT2D eigenvalue weighted by atomic mass is 15.2. The largest absolute Gasteiger partial charge is 0.329 e. The van der Waals surface area contributed by atoms with Crippen LogP contribution >= 0.6 is 0 Å². The second kappa shape index (κ2) is 12.8. The summed E-state index contributed by atoms with van der Waals surface area (Å²) in [5.41, 5.74) is 5.41. The fourth-order valence-electron chi connectivity index (χ4n) is 1.88. The Balaban J connectivity index is 3.54. The monoisotopic (exact) mass is 273 g/mol. The summed E-state index contributed by atoms with van der Waals surface area (Å²) in [4.78, 5) is 2.51. The molecule has 5 N–H and O–H groups in total. The summed E-state index contributed by atoms with van der Waals surface area (Å²) in [6, 6.07) is 1.17. The Labute approximate surface area is 119 Å². The van der Waals surface area contributed by atoms with Crippen LogP contribution in [0, 0.1) is 0 Å². The van der Waals surface area contributed by atoms with Crippen molar-refractivity contribution in [3.8, 4) is 0 Å². The second-order valence-electron chi connectivity index (χ2n) is 5.53. The minimum atomic E-state index is 0.570. The molecule has 0 saturated carbocycles. The van der Waals surface area contributed by atoms with Crippen molar-refractivity contribution in [3.63, 3.8) is 0 Å². The van der Waals surface area contributed by atoms with Crippen molar-refractivity contribution in [1.29, 1.82) is 0 Å². The van der Waals surface area contributed by atoms with E-state index in [2.05, 4.69) is 48.5 Å². The van der Waals surface area contributed by atoms with E-state index in [1.54, 1.807) is 0 Å². The quantitative estimate of drug-likeness (QED) is 0.351. The predicted molar refractivity (Wildman–Crippen MR) is 84.6 cm³/mol. The molecule has 0 atom stereocenters. The molecule has 0 amide bonds. The van der Waals surface area contributed by atoms with E-state index < -0.39 is 0 Å². The van der Waals surface area contributed by atoms with Gasteiger partial charge in [-0.05, 0) is 13.8 Å². The number of hydrogen-bond acceptors (Lipinski definition) is 5. The van der Waals surface area contributed by atoms with Gasteiger partial charge < -0.3 is 21.7 Å². The third kappa shape index (κ3) is 12.6. The number of hydrogen-bond donors (Lipinski definition) is 4. The van der Waals surface area contributed by atoms with Gasteiger partial charge in [0.1, 0.15) is 0 Å². The SMILES string of the molecule is CC(C)NCCN(CCNCCNCCN)C(C)C. The van der Waals surface area contributed by atoms with Crippen molar-refractivity contribution in [3.05, 3.63) is 0 Å². The van der Waals surface area contributed by atoms with Crippen molar-refractivity contribution in [2.24, 2.45) is 5.73 Å². The summed E-state index contributed by atoms with van der Waals surface area (Å²) < 4.78 is 0. The van der Waals surface area contributed by atoms with Crippen LogP contribution in [0.15, 0.2) is 0 Å². The van der Waals surface area contributed by atoms with Crippen LogP contribution in [-0.2, 0) is 0 Å². The summed E-state index contributed by atoms with van der Waals surface area (Å²) >= 11 is 0. The third-order valence-electron chi connectivity index (χ3n) is 3.06. The Morgan fingerprint density at radius 3 is 1.95 bits per heavy atom. The van der Waals surface area contributed by atoms with E-state index >= 15 is 0 Å². The van der Waals surface area contributed by atoms with Gasteiger partial charge in [-0.1, -0.05) is 13.8 Å². The van der Waals surface area contributed by atoms with Crippen molar-refractivity contribution < 1.29 is 0 Å². The van der Waals surface area contributed by atoms with Crippen molar-refractivity contribution >= 4 is 0 Å². The molecule has 0 unspecified atom stereocenters. The van der Waals surface area contributed by atoms with Gasteiger partial charge in [0.25, 0.3) is 0 Å². The van der Waals surface area contributed by atoms with Crippen LogP contribution in [-0.4, -0.2) is 69.3 Å². The number of nitrogens with two attached hydrogens (primary N) is 1. The average Bonchev–Trinajstić information content (AvgIpc) is 2.34. The number of nitrogens with zero attached hydrogens (tertiary/aromatic N) is 1. The fourth-order valence-corrected chi connectivity index (χ4v) is 1.88. The maximum Gasteiger partial charge on any atom is 0.0110 e. The lowest BCUT2D eigenvalue weighted by atomic mass is 10.3. The first-order chi connectivity index (χ1) is 9.07. The van der Waals surface area contributed by atoms with Gasteiger partial charge in [-0.2, -0.15) is 0 Å².